The summed E-state index contributed by atoms with van der Waals surface area (Å²) in [5.74, 6) is -12.2. The van der Waals surface area contributed by atoms with Crippen molar-refractivity contribution in [3.05, 3.63) is 34.9 Å². The molecule has 1 aromatic carbocycles. The largest absolute Gasteiger partial charge is 0.465 e. The number of hydrogen-bond acceptors (Lipinski definition) is 6. The number of ketones is 1. The van der Waals surface area contributed by atoms with Gasteiger partial charge in [-0.3, -0.25) is 14.6 Å². The lowest BCUT2D eigenvalue weighted by molar-refractivity contribution is -0.144. The number of aliphatic imine (C=N–C) groups is 1. The van der Waals surface area contributed by atoms with Crippen molar-refractivity contribution in [1.29, 1.82) is 0 Å². The molecule has 0 aliphatic heterocycles. The lowest BCUT2D eigenvalue weighted by Crippen LogP contribution is -2.38. The number of Topliss-reactive ketones (excluding diaryl/α,β-unsaturated/α-hetero) is 1. The molecule has 0 saturated heterocycles. The second-order valence-electron chi connectivity index (χ2n) is 6.18. The molecule has 1 aromatic rings. The SMILES string of the molecule is CCOC(=O)C(C=NC(C)(C)C(OC)OC)C(=O)c1cc(F)c(F)c(F)c1F. The van der Waals surface area contributed by atoms with Crippen molar-refractivity contribution in [2.45, 2.75) is 32.6 Å². The number of hydrogen-bond donors (Lipinski definition) is 0. The number of halogens is 4. The van der Waals surface area contributed by atoms with Crippen LogP contribution in [0.5, 0.6) is 0 Å². The third kappa shape index (κ3) is 5.14. The Morgan fingerprint density at radius 3 is 2.18 bits per heavy atom. The van der Waals surface area contributed by atoms with Crippen LogP contribution >= 0.6 is 0 Å². The van der Waals surface area contributed by atoms with E-state index in [-0.39, 0.29) is 12.7 Å². The molecule has 0 fully saturated rings. The molecule has 28 heavy (non-hydrogen) atoms. The summed E-state index contributed by atoms with van der Waals surface area (Å²) in [6, 6.07) is 0.175. The molecule has 0 amide bonds. The quantitative estimate of drug-likeness (QED) is 0.0920. The number of carbonyl (C=O) groups excluding carboxylic acids is 2. The summed E-state index contributed by atoms with van der Waals surface area (Å²) in [5.41, 5.74) is -2.24. The number of rotatable bonds is 9. The van der Waals surface area contributed by atoms with E-state index in [2.05, 4.69) is 4.99 Å². The molecule has 0 N–H and O–H groups in total. The van der Waals surface area contributed by atoms with Crippen molar-refractivity contribution < 1.29 is 41.4 Å². The van der Waals surface area contributed by atoms with Crippen molar-refractivity contribution >= 4 is 18.0 Å². The summed E-state index contributed by atoms with van der Waals surface area (Å²) in [6.45, 7) is 4.47. The molecule has 0 heterocycles. The topological polar surface area (TPSA) is 74.2 Å². The molecule has 1 unspecified atom stereocenters. The van der Waals surface area contributed by atoms with E-state index in [0.29, 0.717) is 0 Å². The van der Waals surface area contributed by atoms with Gasteiger partial charge in [0.1, 0.15) is 5.54 Å². The smallest absolute Gasteiger partial charge is 0.322 e. The standard InChI is InChI=1S/C18H21F4NO5/c1-6-28-16(25)10(8-23-18(2,3)17(26-4)27-5)15(24)9-7-11(19)13(21)14(22)12(9)20/h7-8,10,17H,6H2,1-5H3. The van der Waals surface area contributed by atoms with Crippen LogP contribution < -0.4 is 0 Å². The van der Waals surface area contributed by atoms with Gasteiger partial charge in [-0.15, -0.1) is 0 Å². The molecule has 156 valence electrons. The Hall–Kier alpha value is -2.33. The maximum absolute atomic E-state index is 14.0. The molecule has 0 bridgehead atoms. The monoisotopic (exact) mass is 407 g/mol. The first-order valence-corrected chi connectivity index (χ1v) is 8.16. The van der Waals surface area contributed by atoms with Crippen molar-refractivity contribution in [2.24, 2.45) is 10.9 Å². The van der Waals surface area contributed by atoms with Gasteiger partial charge in [0.05, 0.1) is 12.2 Å². The van der Waals surface area contributed by atoms with Gasteiger partial charge in [0, 0.05) is 20.4 Å². The maximum Gasteiger partial charge on any atom is 0.322 e. The number of ether oxygens (including phenoxy) is 3. The molecule has 6 nitrogen and oxygen atoms in total. The van der Waals surface area contributed by atoms with Crippen molar-refractivity contribution in [2.75, 3.05) is 20.8 Å². The molecular weight excluding hydrogens is 386 g/mol. The van der Waals surface area contributed by atoms with E-state index in [4.69, 9.17) is 14.2 Å². The normalized spacial score (nSPS) is 13.2. The van der Waals surface area contributed by atoms with Crippen LogP contribution in [-0.2, 0) is 19.0 Å². The summed E-state index contributed by atoms with van der Waals surface area (Å²) in [5, 5.41) is 0. The van der Waals surface area contributed by atoms with Crippen LogP contribution in [0.3, 0.4) is 0 Å². The Balaban J connectivity index is 3.38. The van der Waals surface area contributed by atoms with E-state index in [0.717, 1.165) is 6.21 Å². The lowest BCUT2D eigenvalue weighted by Gasteiger charge is -2.28. The van der Waals surface area contributed by atoms with Gasteiger partial charge in [0.25, 0.3) is 0 Å². The van der Waals surface area contributed by atoms with Gasteiger partial charge in [0.2, 0.25) is 0 Å². The molecule has 0 spiro atoms. The Bertz CT molecular complexity index is 763. The number of benzene rings is 1. The van der Waals surface area contributed by atoms with Crippen molar-refractivity contribution in [3.63, 3.8) is 0 Å². The average Bonchev–Trinajstić information content (AvgIpc) is 2.63. The maximum atomic E-state index is 14.0. The minimum atomic E-state index is -2.16. The second kappa shape index (κ2) is 9.74. The Labute approximate surface area is 159 Å². The van der Waals surface area contributed by atoms with E-state index < -0.39 is 58.3 Å². The highest BCUT2D eigenvalue weighted by Crippen LogP contribution is 2.23. The molecule has 0 radical (unpaired) electrons. The zero-order valence-electron chi connectivity index (χ0n) is 16.0. The van der Waals surface area contributed by atoms with Crippen LogP contribution in [-0.4, -0.2) is 50.6 Å². The molecule has 0 aliphatic rings. The predicted octanol–water partition coefficient (Wildman–Crippen LogP) is 3.07. The zero-order chi connectivity index (χ0) is 21.6. The first-order chi connectivity index (χ1) is 13.0. The highest BCUT2D eigenvalue weighted by atomic mass is 19.2. The fourth-order valence-electron chi connectivity index (χ4n) is 2.39. The van der Waals surface area contributed by atoms with Crippen LogP contribution in [0, 0.1) is 29.2 Å². The van der Waals surface area contributed by atoms with E-state index in [9.17, 15) is 27.2 Å². The van der Waals surface area contributed by atoms with E-state index in [1.807, 2.05) is 0 Å². The Kier molecular flexibility index (Phi) is 8.25. The van der Waals surface area contributed by atoms with E-state index in [1.54, 1.807) is 13.8 Å². The first kappa shape index (κ1) is 23.7. The Morgan fingerprint density at radius 2 is 1.68 bits per heavy atom. The average molecular weight is 407 g/mol. The van der Waals surface area contributed by atoms with Crippen LogP contribution in [0.15, 0.2) is 11.1 Å². The lowest BCUT2D eigenvalue weighted by atomic mass is 9.97. The molecule has 0 saturated carbocycles. The number of methoxy groups -OCH3 is 2. The number of carbonyl (C=O) groups is 2. The van der Waals surface area contributed by atoms with Crippen molar-refractivity contribution in [3.8, 4) is 0 Å². The minimum Gasteiger partial charge on any atom is -0.465 e. The summed E-state index contributed by atoms with van der Waals surface area (Å²) in [6.07, 6.45) is -0.0107. The van der Waals surface area contributed by atoms with Crippen LogP contribution in [0.4, 0.5) is 17.6 Å². The fraction of sp³-hybridized carbons (Fsp3) is 0.500. The highest BCUT2D eigenvalue weighted by molar-refractivity contribution is 6.18. The summed E-state index contributed by atoms with van der Waals surface area (Å²) >= 11 is 0. The van der Waals surface area contributed by atoms with Crippen LogP contribution in [0.25, 0.3) is 0 Å². The molecule has 1 atom stereocenters. The van der Waals surface area contributed by atoms with E-state index >= 15 is 0 Å². The highest BCUT2D eigenvalue weighted by Gasteiger charge is 2.34. The molecule has 1 rings (SSSR count). The molecular formula is C18H21F4NO5. The summed E-state index contributed by atoms with van der Waals surface area (Å²) in [7, 11) is 2.69. The third-order valence-corrected chi connectivity index (χ3v) is 3.75. The van der Waals surface area contributed by atoms with Crippen LogP contribution in [0.1, 0.15) is 31.1 Å². The van der Waals surface area contributed by atoms with Gasteiger partial charge in [-0.2, -0.15) is 0 Å². The van der Waals surface area contributed by atoms with Crippen LogP contribution in [0.2, 0.25) is 0 Å². The number of esters is 1. The molecule has 10 heteroatoms. The van der Waals surface area contributed by atoms with Gasteiger partial charge in [-0.25, -0.2) is 17.6 Å². The van der Waals surface area contributed by atoms with E-state index in [1.165, 1.54) is 21.1 Å². The first-order valence-electron chi connectivity index (χ1n) is 8.16. The van der Waals surface area contributed by atoms with Crippen molar-refractivity contribution in [1.82, 2.24) is 0 Å². The van der Waals surface area contributed by atoms with Gasteiger partial charge in [-0.05, 0) is 26.8 Å². The Morgan fingerprint density at radius 1 is 1.11 bits per heavy atom. The minimum absolute atomic E-state index is 0.118. The predicted molar refractivity (Wildman–Crippen MR) is 91.1 cm³/mol. The second-order valence-corrected chi connectivity index (χ2v) is 6.18. The van der Waals surface area contributed by atoms with Gasteiger partial charge in [0.15, 0.2) is 41.3 Å². The molecule has 0 aliphatic carbocycles. The van der Waals surface area contributed by atoms with Gasteiger partial charge in [-0.1, -0.05) is 0 Å². The van der Waals surface area contributed by atoms with Gasteiger partial charge < -0.3 is 14.2 Å². The number of nitrogens with zero attached hydrogens (tertiary/aromatic N) is 1. The summed E-state index contributed by atoms with van der Waals surface area (Å²) in [4.78, 5) is 28.8. The summed E-state index contributed by atoms with van der Waals surface area (Å²) < 4.78 is 68.9. The van der Waals surface area contributed by atoms with Gasteiger partial charge >= 0.3 is 5.97 Å². The zero-order valence-corrected chi connectivity index (χ0v) is 16.0. The third-order valence-electron chi connectivity index (χ3n) is 3.75. The molecule has 0 aromatic heterocycles. The fourth-order valence-corrected chi connectivity index (χ4v) is 2.39.